The summed E-state index contributed by atoms with van der Waals surface area (Å²) in [6.07, 6.45) is 18.8. The average molecular weight is 567 g/mol. The zero-order valence-electron chi connectivity index (χ0n) is 27.2. The van der Waals surface area contributed by atoms with Gasteiger partial charge in [-0.2, -0.15) is 0 Å². The zero-order valence-corrected chi connectivity index (χ0v) is 27.2. The maximum Gasteiger partial charge on any atom is 0.324 e. The summed E-state index contributed by atoms with van der Waals surface area (Å²) in [5, 5.41) is 0. The molecule has 0 aliphatic heterocycles. The predicted octanol–water partition coefficient (Wildman–Crippen LogP) is 9.43. The molecule has 0 radical (unpaired) electrons. The molecule has 0 atom stereocenters. The number of ether oxygens (including phenoxy) is 3. The molecule has 0 aliphatic carbocycles. The second kappa shape index (κ2) is 20.9. The summed E-state index contributed by atoms with van der Waals surface area (Å²) >= 11 is 0. The van der Waals surface area contributed by atoms with Gasteiger partial charge in [0.1, 0.15) is 11.2 Å². The highest BCUT2D eigenvalue weighted by Gasteiger charge is 2.50. The molecular weight excluding hydrogens is 504 g/mol. The van der Waals surface area contributed by atoms with E-state index in [0.717, 1.165) is 70.6 Å². The number of rotatable bonds is 23. The molecule has 234 valence electrons. The Kier molecular flexibility index (Phi) is 20.0. The van der Waals surface area contributed by atoms with Gasteiger partial charge in [-0.1, -0.05) is 83.1 Å². The van der Waals surface area contributed by atoms with Crippen molar-refractivity contribution < 1.29 is 28.6 Å². The van der Waals surface area contributed by atoms with Gasteiger partial charge in [0.2, 0.25) is 0 Å². The van der Waals surface area contributed by atoms with Crippen LogP contribution in [-0.4, -0.2) is 35.7 Å². The molecule has 0 fully saturated rings. The van der Waals surface area contributed by atoms with E-state index in [-0.39, 0.29) is 5.97 Å². The van der Waals surface area contributed by atoms with Crippen molar-refractivity contribution in [2.24, 2.45) is 5.41 Å². The van der Waals surface area contributed by atoms with Crippen molar-refractivity contribution in [3.05, 3.63) is 12.7 Å². The summed E-state index contributed by atoms with van der Waals surface area (Å²) < 4.78 is 16.7. The van der Waals surface area contributed by atoms with E-state index in [0.29, 0.717) is 25.9 Å². The molecule has 0 heterocycles. The van der Waals surface area contributed by atoms with Crippen molar-refractivity contribution in [3.8, 4) is 0 Å². The molecule has 0 N–H and O–H groups in total. The first-order chi connectivity index (χ1) is 18.8. The van der Waals surface area contributed by atoms with Gasteiger partial charge in [-0.15, -0.1) is 6.58 Å². The molecule has 0 unspecified atom stereocenters. The lowest BCUT2D eigenvalue weighted by atomic mass is 9.77. The van der Waals surface area contributed by atoms with Crippen molar-refractivity contribution in [3.63, 3.8) is 0 Å². The molecule has 0 aromatic rings. The van der Waals surface area contributed by atoms with Crippen LogP contribution in [0.3, 0.4) is 0 Å². The standard InChI is InChI=1S/C34H62O6/c1-9-11-12-13-14-15-18-21-24-27-34(30(36)39-32(3,4)5,31(37)40-33(6,7)8)28-25-22-19-16-17-20-23-26-29(35)38-10-2/h9H,1,10-28H2,2-8H3. The van der Waals surface area contributed by atoms with Gasteiger partial charge in [-0.05, 0) is 80.6 Å². The highest BCUT2D eigenvalue weighted by atomic mass is 16.6. The van der Waals surface area contributed by atoms with E-state index in [9.17, 15) is 14.4 Å². The van der Waals surface area contributed by atoms with E-state index in [4.69, 9.17) is 14.2 Å². The zero-order chi connectivity index (χ0) is 30.5. The van der Waals surface area contributed by atoms with Crippen molar-refractivity contribution in [2.45, 2.75) is 175 Å². The normalized spacial score (nSPS) is 12.2. The van der Waals surface area contributed by atoms with Crippen LogP contribution in [0.1, 0.15) is 164 Å². The van der Waals surface area contributed by atoms with E-state index < -0.39 is 28.6 Å². The van der Waals surface area contributed by atoms with Gasteiger partial charge in [0.15, 0.2) is 5.41 Å². The lowest BCUT2D eigenvalue weighted by Gasteiger charge is -2.35. The summed E-state index contributed by atoms with van der Waals surface area (Å²) in [6.45, 7) is 17.1. The Balaban J connectivity index is 5.11. The van der Waals surface area contributed by atoms with Crippen LogP contribution in [0.4, 0.5) is 0 Å². The minimum absolute atomic E-state index is 0.119. The molecule has 0 spiro atoms. The molecule has 40 heavy (non-hydrogen) atoms. The highest BCUT2D eigenvalue weighted by molar-refractivity contribution is 6.00. The summed E-state index contributed by atoms with van der Waals surface area (Å²) in [6, 6.07) is 0. The average Bonchev–Trinajstić information content (AvgIpc) is 2.83. The fourth-order valence-electron chi connectivity index (χ4n) is 4.78. The first-order valence-electron chi connectivity index (χ1n) is 16.0. The predicted molar refractivity (Wildman–Crippen MR) is 164 cm³/mol. The van der Waals surface area contributed by atoms with E-state index in [1.807, 2.05) is 54.5 Å². The summed E-state index contributed by atoms with van der Waals surface area (Å²) in [4.78, 5) is 38.8. The van der Waals surface area contributed by atoms with Crippen molar-refractivity contribution in [1.82, 2.24) is 0 Å². The van der Waals surface area contributed by atoms with Gasteiger partial charge in [-0.3, -0.25) is 14.4 Å². The number of hydrogen-bond acceptors (Lipinski definition) is 6. The van der Waals surface area contributed by atoms with Crippen LogP contribution in [0.2, 0.25) is 0 Å². The number of hydrogen-bond donors (Lipinski definition) is 0. The fraction of sp³-hybridized carbons (Fsp3) is 0.853. The molecule has 0 bridgehead atoms. The lowest BCUT2D eigenvalue weighted by Crippen LogP contribution is -2.46. The van der Waals surface area contributed by atoms with E-state index in [1.165, 1.54) is 25.7 Å². The third-order valence-electron chi connectivity index (χ3n) is 6.88. The van der Waals surface area contributed by atoms with Crippen LogP contribution in [0.5, 0.6) is 0 Å². The summed E-state index contributed by atoms with van der Waals surface area (Å²) in [5.41, 5.74) is -2.64. The second-order valence-electron chi connectivity index (χ2n) is 13.2. The molecule has 0 aliphatic rings. The first-order valence-corrected chi connectivity index (χ1v) is 16.0. The first kappa shape index (κ1) is 38.1. The Morgan fingerprint density at radius 2 is 0.975 bits per heavy atom. The van der Waals surface area contributed by atoms with E-state index >= 15 is 0 Å². The molecule has 6 nitrogen and oxygen atoms in total. The lowest BCUT2D eigenvalue weighted by molar-refractivity contribution is -0.187. The largest absolute Gasteiger partial charge is 0.466 e. The summed E-state index contributed by atoms with van der Waals surface area (Å²) in [5.74, 6) is -1.01. The Labute approximate surface area is 246 Å². The SMILES string of the molecule is C=CCCCCCCCCCC(CCCCCCCCCC(=O)OCC)(C(=O)OC(C)(C)C)C(=O)OC(C)(C)C. The molecule has 0 aromatic heterocycles. The third kappa shape index (κ3) is 19.3. The van der Waals surface area contributed by atoms with Crippen LogP contribution in [0, 0.1) is 5.41 Å². The maximum atomic E-state index is 13.6. The monoisotopic (exact) mass is 566 g/mol. The van der Waals surface area contributed by atoms with Crippen LogP contribution >= 0.6 is 0 Å². The van der Waals surface area contributed by atoms with Crippen molar-refractivity contribution >= 4 is 17.9 Å². The molecule has 0 rings (SSSR count). The quantitative estimate of drug-likeness (QED) is 0.0403. The number of esters is 3. The third-order valence-corrected chi connectivity index (χ3v) is 6.88. The van der Waals surface area contributed by atoms with Crippen molar-refractivity contribution in [2.75, 3.05) is 6.61 Å². The van der Waals surface area contributed by atoms with Gasteiger partial charge in [0.05, 0.1) is 6.61 Å². The Morgan fingerprint density at radius 3 is 1.35 bits per heavy atom. The minimum atomic E-state index is -1.27. The van der Waals surface area contributed by atoms with Gasteiger partial charge >= 0.3 is 17.9 Å². The fourth-order valence-corrected chi connectivity index (χ4v) is 4.78. The molecule has 6 heteroatoms. The number of allylic oxidation sites excluding steroid dienone is 1. The van der Waals surface area contributed by atoms with Crippen LogP contribution in [0.25, 0.3) is 0 Å². The van der Waals surface area contributed by atoms with Gasteiger partial charge in [0, 0.05) is 6.42 Å². The molecule has 0 saturated carbocycles. The topological polar surface area (TPSA) is 78.9 Å². The van der Waals surface area contributed by atoms with Crippen LogP contribution < -0.4 is 0 Å². The number of carbonyl (C=O) groups excluding carboxylic acids is 3. The second-order valence-corrected chi connectivity index (χ2v) is 13.2. The molecular formula is C34H62O6. The summed E-state index contributed by atoms with van der Waals surface area (Å²) in [7, 11) is 0. The van der Waals surface area contributed by atoms with Crippen LogP contribution in [-0.2, 0) is 28.6 Å². The number of carbonyl (C=O) groups is 3. The number of unbranched alkanes of at least 4 members (excludes halogenated alkanes) is 13. The Hall–Kier alpha value is -1.85. The van der Waals surface area contributed by atoms with Gasteiger partial charge in [0.25, 0.3) is 0 Å². The molecule has 0 aromatic carbocycles. The van der Waals surface area contributed by atoms with E-state index in [2.05, 4.69) is 6.58 Å². The van der Waals surface area contributed by atoms with Gasteiger partial charge < -0.3 is 14.2 Å². The minimum Gasteiger partial charge on any atom is -0.466 e. The molecule has 0 amide bonds. The van der Waals surface area contributed by atoms with E-state index in [1.54, 1.807) is 0 Å². The van der Waals surface area contributed by atoms with Crippen molar-refractivity contribution in [1.29, 1.82) is 0 Å². The smallest absolute Gasteiger partial charge is 0.324 e. The van der Waals surface area contributed by atoms with Crippen LogP contribution in [0.15, 0.2) is 12.7 Å². The molecule has 0 saturated heterocycles. The highest BCUT2D eigenvalue weighted by Crippen LogP contribution is 2.38. The Bertz CT molecular complexity index is 685. The maximum absolute atomic E-state index is 13.6. The van der Waals surface area contributed by atoms with Gasteiger partial charge in [-0.25, -0.2) is 0 Å². The Morgan fingerprint density at radius 1 is 0.600 bits per heavy atom.